The lowest BCUT2D eigenvalue weighted by Crippen LogP contribution is -2.48. The van der Waals surface area contributed by atoms with Gasteiger partial charge in [-0.05, 0) is 214 Å². The van der Waals surface area contributed by atoms with Crippen molar-refractivity contribution in [3.8, 4) is 0 Å². The minimum Gasteiger partial charge on any atom is -0.0965 e. The van der Waals surface area contributed by atoms with Crippen LogP contribution >= 0.6 is 7.92 Å². The maximum absolute atomic E-state index is 2.96. The van der Waals surface area contributed by atoms with Crippen LogP contribution in [0.4, 0.5) is 0 Å². The summed E-state index contributed by atoms with van der Waals surface area (Å²) in [6.07, 6.45) is 46.4. The van der Waals surface area contributed by atoms with E-state index in [1.54, 1.807) is 83.5 Å². The van der Waals surface area contributed by atoms with Crippen molar-refractivity contribution < 1.29 is 0 Å². The van der Waals surface area contributed by atoms with Crippen molar-refractivity contribution >= 4 is 7.92 Å². The fourth-order valence-corrected chi connectivity index (χ4v) is 25.1. The Bertz CT molecular complexity index is 1610. The molecular formula is C52H75P. The molecule has 11 aliphatic carbocycles. The van der Waals surface area contributed by atoms with Gasteiger partial charge in [-0.15, -0.1) is 0 Å². The molecule has 1 heteroatoms. The smallest absolute Gasteiger partial charge is 0.0197 e. The molecule has 0 aromatic rings. The van der Waals surface area contributed by atoms with Crippen LogP contribution in [0.1, 0.15) is 168 Å². The molecule has 12 aliphatic rings. The summed E-state index contributed by atoms with van der Waals surface area (Å²) in [7, 11) is 0.0749. The lowest BCUT2D eigenvalue weighted by Gasteiger charge is -2.53. The highest BCUT2D eigenvalue weighted by molar-refractivity contribution is 7.60. The third-order valence-electron chi connectivity index (χ3n) is 21.5. The standard InChI is InChI=1S/C52H75P/c1-4-31(2)28-46-32(3)35-26-24-33(29-47(35)51(46)42-19-9-5-14-36(42)37-15-6-10-20-43(37)51)53-34-25-27-40-38-16-7-11-21-44(38)52(48(40)30-34)45-22-12-8-17-39(45)41-18-13-23-49(53)50(41)52/h5,11,14,21,31-34,37-41,43-46,48-50H,4,6-10,12-13,15-20,22-30H2,1-3H3/t31-,32?,33?,34?,37-,38?,39?,40?,41?,43?,44?,45?,46?,48?,49?,50?,51?,52?,53?/m1/s1. The number of hydrogen-bond acceptors (Lipinski definition) is 0. The Labute approximate surface area is 326 Å². The molecule has 0 amide bonds. The molecule has 0 aromatic carbocycles. The summed E-state index contributed by atoms with van der Waals surface area (Å²) < 4.78 is 0. The van der Waals surface area contributed by atoms with Gasteiger partial charge >= 0.3 is 0 Å². The van der Waals surface area contributed by atoms with Crippen molar-refractivity contribution in [2.75, 3.05) is 0 Å². The van der Waals surface area contributed by atoms with Crippen LogP contribution < -0.4 is 0 Å². The summed E-state index contributed by atoms with van der Waals surface area (Å²) in [4.78, 5) is 0. The maximum Gasteiger partial charge on any atom is 0.0197 e. The first-order valence-electron chi connectivity index (χ1n) is 24.6. The van der Waals surface area contributed by atoms with Crippen molar-refractivity contribution in [3.63, 3.8) is 0 Å². The predicted octanol–water partition coefficient (Wildman–Crippen LogP) is 14.5. The molecule has 1 heterocycles. The summed E-state index contributed by atoms with van der Waals surface area (Å²) in [5.74, 6) is 13.0. The summed E-state index contributed by atoms with van der Waals surface area (Å²) >= 11 is 0. The van der Waals surface area contributed by atoms with Crippen molar-refractivity contribution in [2.24, 2.45) is 87.8 Å². The molecule has 0 nitrogen and oxygen atoms in total. The highest BCUT2D eigenvalue weighted by Crippen LogP contribution is 2.84. The van der Waals surface area contributed by atoms with Gasteiger partial charge in [0, 0.05) is 5.41 Å². The fraction of sp³-hybridized carbons (Fsp3) is 0.846. The summed E-state index contributed by atoms with van der Waals surface area (Å²) in [6, 6.07) is 0. The van der Waals surface area contributed by atoms with E-state index in [4.69, 9.17) is 0 Å². The van der Waals surface area contributed by atoms with E-state index in [9.17, 15) is 0 Å². The van der Waals surface area contributed by atoms with Crippen LogP contribution in [0.5, 0.6) is 0 Å². The van der Waals surface area contributed by atoms with E-state index in [0.29, 0.717) is 10.8 Å². The number of rotatable bonds is 4. The zero-order valence-electron chi connectivity index (χ0n) is 34.3. The third-order valence-corrected chi connectivity index (χ3v) is 25.4. The molecular weight excluding hydrogens is 656 g/mol. The maximum atomic E-state index is 2.96. The van der Waals surface area contributed by atoms with Crippen molar-refractivity contribution in [2.45, 2.75) is 185 Å². The van der Waals surface area contributed by atoms with Crippen LogP contribution in [0.15, 0.2) is 46.6 Å². The highest BCUT2D eigenvalue weighted by atomic mass is 31.1. The normalized spacial score (nSPS) is 54.9. The van der Waals surface area contributed by atoms with Crippen LogP contribution in [0.2, 0.25) is 0 Å². The molecule has 17 unspecified atom stereocenters. The zero-order valence-corrected chi connectivity index (χ0v) is 35.2. The first kappa shape index (κ1) is 34.4. The molecule has 12 rings (SSSR count). The molecule has 0 aromatic heterocycles. The molecule has 0 radical (unpaired) electrons. The molecule has 1 saturated heterocycles. The SMILES string of the molecule is CC[C@@H](C)CC1C(C)C2=C(CC(P3C4CCC5C6CCC=CC6C6(C5C4)C4CCCCC4C4CCCC3C46)CC2)C12C1=C(C=CCC1)[C@H]1CCCCC12. The summed E-state index contributed by atoms with van der Waals surface area (Å²) in [6.45, 7) is 7.92. The first-order valence-corrected chi connectivity index (χ1v) is 26.2. The van der Waals surface area contributed by atoms with Crippen LogP contribution in [0, 0.1) is 87.8 Å². The van der Waals surface area contributed by atoms with Gasteiger partial charge in [0.05, 0.1) is 0 Å². The zero-order chi connectivity index (χ0) is 35.2. The van der Waals surface area contributed by atoms with Gasteiger partial charge < -0.3 is 0 Å². The van der Waals surface area contributed by atoms with Gasteiger partial charge in [-0.2, -0.15) is 0 Å². The molecule has 1 aliphatic heterocycles. The van der Waals surface area contributed by atoms with E-state index < -0.39 is 0 Å². The molecule has 0 N–H and O–H groups in total. The van der Waals surface area contributed by atoms with E-state index in [0.717, 1.165) is 93.9 Å². The minimum absolute atomic E-state index is 0.0749. The number of allylic oxidation sites excluding steroid dienone is 8. The Hall–Kier alpha value is -0.610. The third kappa shape index (κ3) is 4.37. The van der Waals surface area contributed by atoms with Gasteiger partial charge in [-0.1, -0.05) is 108 Å². The van der Waals surface area contributed by atoms with Crippen LogP contribution in [-0.2, 0) is 0 Å². The molecule has 288 valence electrons. The first-order chi connectivity index (χ1) is 26.1. The van der Waals surface area contributed by atoms with Gasteiger partial charge in [0.1, 0.15) is 0 Å². The Morgan fingerprint density at radius 3 is 2.47 bits per heavy atom. The molecule has 2 bridgehead atoms. The molecule has 2 spiro atoms. The fourth-order valence-electron chi connectivity index (χ4n) is 20.4. The number of fused-ring (bicyclic) bond motifs is 10. The Morgan fingerprint density at radius 1 is 0.736 bits per heavy atom. The molecule has 7 fully saturated rings. The van der Waals surface area contributed by atoms with Crippen molar-refractivity contribution in [1.82, 2.24) is 0 Å². The van der Waals surface area contributed by atoms with Crippen molar-refractivity contribution in [3.05, 3.63) is 46.6 Å². The van der Waals surface area contributed by atoms with E-state index in [2.05, 4.69) is 61.8 Å². The lowest BCUT2D eigenvalue weighted by molar-refractivity contribution is -0.00698. The lowest BCUT2D eigenvalue weighted by atomic mass is 9.54. The predicted molar refractivity (Wildman–Crippen MR) is 224 cm³/mol. The topological polar surface area (TPSA) is 0 Å². The Balaban J connectivity index is 0.982. The monoisotopic (exact) mass is 731 g/mol. The van der Waals surface area contributed by atoms with Crippen LogP contribution in [-0.4, -0.2) is 17.0 Å². The Morgan fingerprint density at radius 2 is 1.57 bits per heavy atom. The van der Waals surface area contributed by atoms with E-state index in [-0.39, 0.29) is 7.92 Å². The van der Waals surface area contributed by atoms with E-state index >= 15 is 0 Å². The highest BCUT2D eigenvalue weighted by Gasteiger charge is 2.75. The second-order valence-electron chi connectivity index (χ2n) is 22.4. The quantitative estimate of drug-likeness (QED) is 0.200. The summed E-state index contributed by atoms with van der Waals surface area (Å²) in [5, 5.41) is 0. The average molecular weight is 731 g/mol. The van der Waals surface area contributed by atoms with Gasteiger partial charge in [0.25, 0.3) is 0 Å². The Kier molecular flexibility index (Phi) is 8.25. The van der Waals surface area contributed by atoms with E-state index in [1.165, 1.54) is 64.2 Å². The minimum atomic E-state index is 0.0749. The second-order valence-corrected chi connectivity index (χ2v) is 25.4. The van der Waals surface area contributed by atoms with Gasteiger partial charge in [0.2, 0.25) is 0 Å². The molecule has 19 atom stereocenters. The molecule has 53 heavy (non-hydrogen) atoms. The van der Waals surface area contributed by atoms with E-state index in [1.807, 2.05) is 5.57 Å². The van der Waals surface area contributed by atoms with Gasteiger partial charge in [-0.25, -0.2) is 0 Å². The largest absolute Gasteiger partial charge is 0.0965 e. The van der Waals surface area contributed by atoms with Crippen LogP contribution in [0.25, 0.3) is 0 Å². The summed E-state index contributed by atoms with van der Waals surface area (Å²) in [5.41, 5.74) is 12.6. The van der Waals surface area contributed by atoms with Crippen LogP contribution in [0.3, 0.4) is 0 Å². The van der Waals surface area contributed by atoms with Gasteiger partial charge in [-0.3, -0.25) is 0 Å². The second kappa shape index (κ2) is 12.7. The molecule has 6 saturated carbocycles. The number of hydrogen-bond donors (Lipinski definition) is 0. The van der Waals surface area contributed by atoms with Crippen molar-refractivity contribution in [1.29, 1.82) is 0 Å². The van der Waals surface area contributed by atoms with Gasteiger partial charge in [0.15, 0.2) is 0 Å². The average Bonchev–Trinajstić information content (AvgIpc) is 3.85.